The SMILES string of the molecule is Cl.O=C(c1cccc(Br)c1)N1CCNC2(CC2)C1. The lowest BCUT2D eigenvalue weighted by Crippen LogP contribution is -2.54. The molecule has 1 N–H and O–H groups in total. The molecule has 0 aromatic heterocycles. The standard InChI is InChI=1S/C13H15BrN2O.ClH/c14-11-3-1-2-10(8-11)12(17)16-7-6-15-13(9-16)4-5-13;/h1-3,8,15H,4-7,9H2;1H. The molecule has 1 amide bonds. The topological polar surface area (TPSA) is 32.3 Å². The van der Waals surface area contributed by atoms with Crippen LogP contribution in [-0.2, 0) is 0 Å². The van der Waals surface area contributed by atoms with Crippen LogP contribution in [0, 0.1) is 0 Å². The van der Waals surface area contributed by atoms with Gasteiger partial charge < -0.3 is 10.2 Å². The third kappa shape index (κ3) is 2.71. The first-order valence-electron chi connectivity index (χ1n) is 5.98. The third-order valence-electron chi connectivity index (χ3n) is 3.59. The van der Waals surface area contributed by atoms with E-state index in [1.165, 1.54) is 12.8 Å². The predicted molar refractivity (Wildman–Crippen MR) is 77.3 cm³/mol. The lowest BCUT2D eigenvalue weighted by Gasteiger charge is -2.34. The summed E-state index contributed by atoms with van der Waals surface area (Å²) in [6.07, 6.45) is 2.41. The zero-order chi connectivity index (χ0) is 11.9. The highest BCUT2D eigenvalue weighted by atomic mass is 79.9. The Balaban J connectivity index is 0.00000120. The van der Waals surface area contributed by atoms with Gasteiger partial charge >= 0.3 is 0 Å². The first-order valence-corrected chi connectivity index (χ1v) is 6.78. The van der Waals surface area contributed by atoms with Crippen molar-refractivity contribution in [3.8, 4) is 0 Å². The van der Waals surface area contributed by atoms with Crippen LogP contribution in [-0.4, -0.2) is 36.0 Å². The van der Waals surface area contributed by atoms with E-state index in [0.29, 0.717) is 0 Å². The molecule has 18 heavy (non-hydrogen) atoms. The third-order valence-corrected chi connectivity index (χ3v) is 4.08. The fourth-order valence-corrected chi connectivity index (χ4v) is 2.82. The molecule has 0 atom stereocenters. The van der Waals surface area contributed by atoms with Gasteiger partial charge in [0, 0.05) is 35.2 Å². The molecule has 0 radical (unpaired) electrons. The second-order valence-corrected chi connectivity index (χ2v) is 5.86. The van der Waals surface area contributed by atoms with Crippen molar-refractivity contribution >= 4 is 34.2 Å². The Morgan fingerprint density at radius 3 is 2.83 bits per heavy atom. The number of nitrogens with one attached hydrogen (secondary N) is 1. The van der Waals surface area contributed by atoms with Crippen LogP contribution in [0.3, 0.4) is 0 Å². The molecule has 1 aliphatic heterocycles. The molecule has 3 rings (SSSR count). The number of piperazine rings is 1. The lowest BCUT2D eigenvalue weighted by molar-refractivity contribution is 0.0691. The molecule has 1 heterocycles. The average molecular weight is 332 g/mol. The predicted octanol–water partition coefficient (Wildman–Crippen LogP) is 2.45. The number of hydrogen-bond acceptors (Lipinski definition) is 2. The first-order chi connectivity index (χ1) is 8.19. The summed E-state index contributed by atoms with van der Waals surface area (Å²) in [7, 11) is 0. The van der Waals surface area contributed by atoms with E-state index in [1.807, 2.05) is 29.2 Å². The number of hydrogen-bond donors (Lipinski definition) is 1. The lowest BCUT2D eigenvalue weighted by atomic mass is 10.1. The highest BCUT2D eigenvalue weighted by Crippen LogP contribution is 2.37. The molecule has 0 bridgehead atoms. The zero-order valence-corrected chi connectivity index (χ0v) is 12.4. The zero-order valence-electron chi connectivity index (χ0n) is 9.99. The Kier molecular flexibility index (Phi) is 3.99. The van der Waals surface area contributed by atoms with Crippen LogP contribution in [0.4, 0.5) is 0 Å². The molecule has 1 aromatic rings. The summed E-state index contributed by atoms with van der Waals surface area (Å²) < 4.78 is 0.958. The molecule has 1 aliphatic carbocycles. The quantitative estimate of drug-likeness (QED) is 0.857. The Labute approximate surface area is 121 Å². The molecule has 1 saturated carbocycles. The number of benzene rings is 1. The molecule has 2 fully saturated rings. The van der Waals surface area contributed by atoms with Crippen LogP contribution in [0.15, 0.2) is 28.7 Å². The van der Waals surface area contributed by atoms with Gasteiger partial charge in [0.25, 0.3) is 5.91 Å². The summed E-state index contributed by atoms with van der Waals surface area (Å²) >= 11 is 3.41. The second kappa shape index (κ2) is 5.19. The fourth-order valence-electron chi connectivity index (χ4n) is 2.42. The number of rotatable bonds is 1. The second-order valence-electron chi connectivity index (χ2n) is 4.94. The van der Waals surface area contributed by atoms with Gasteiger partial charge in [0.15, 0.2) is 0 Å². The van der Waals surface area contributed by atoms with Crippen molar-refractivity contribution in [2.45, 2.75) is 18.4 Å². The van der Waals surface area contributed by atoms with E-state index in [-0.39, 0.29) is 23.9 Å². The average Bonchev–Trinajstić information content (AvgIpc) is 3.07. The number of carbonyl (C=O) groups excluding carboxylic acids is 1. The molecule has 1 spiro atoms. The van der Waals surface area contributed by atoms with E-state index in [0.717, 1.165) is 29.7 Å². The number of amides is 1. The van der Waals surface area contributed by atoms with Gasteiger partial charge in [-0.1, -0.05) is 22.0 Å². The largest absolute Gasteiger partial charge is 0.336 e. The number of carbonyl (C=O) groups is 1. The van der Waals surface area contributed by atoms with Gasteiger partial charge in [-0.15, -0.1) is 12.4 Å². The molecule has 1 aromatic carbocycles. The number of nitrogens with zero attached hydrogens (tertiary/aromatic N) is 1. The van der Waals surface area contributed by atoms with Crippen molar-refractivity contribution in [2.24, 2.45) is 0 Å². The van der Waals surface area contributed by atoms with Gasteiger partial charge in [0.05, 0.1) is 0 Å². The molecule has 3 nitrogen and oxygen atoms in total. The van der Waals surface area contributed by atoms with Gasteiger partial charge in [0.2, 0.25) is 0 Å². The van der Waals surface area contributed by atoms with E-state index in [1.54, 1.807) is 0 Å². The van der Waals surface area contributed by atoms with E-state index in [4.69, 9.17) is 0 Å². The van der Waals surface area contributed by atoms with Crippen molar-refractivity contribution in [1.82, 2.24) is 10.2 Å². The van der Waals surface area contributed by atoms with Crippen LogP contribution in [0.1, 0.15) is 23.2 Å². The maximum absolute atomic E-state index is 12.3. The van der Waals surface area contributed by atoms with Gasteiger partial charge in [-0.05, 0) is 31.0 Å². The molecule has 5 heteroatoms. The molecular formula is C13H16BrClN2O. The Morgan fingerprint density at radius 1 is 1.39 bits per heavy atom. The molecular weight excluding hydrogens is 316 g/mol. The van der Waals surface area contributed by atoms with Gasteiger partial charge in [-0.3, -0.25) is 4.79 Å². The minimum atomic E-state index is 0. The van der Waals surface area contributed by atoms with Gasteiger partial charge in [-0.25, -0.2) is 0 Å². The van der Waals surface area contributed by atoms with E-state index in [9.17, 15) is 4.79 Å². The Morgan fingerprint density at radius 2 is 2.17 bits per heavy atom. The maximum Gasteiger partial charge on any atom is 0.253 e. The van der Waals surface area contributed by atoms with E-state index >= 15 is 0 Å². The first kappa shape index (κ1) is 13.8. The highest BCUT2D eigenvalue weighted by molar-refractivity contribution is 9.10. The summed E-state index contributed by atoms with van der Waals surface area (Å²) in [5, 5.41) is 3.51. The fraction of sp³-hybridized carbons (Fsp3) is 0.462. The molecule has 98 valence electrons. The summed E-state index contributed by atoms with van der Waals surface area (Å²) in [5.74, 6) is 0.152. The van der Waals surface area contributed by atoms with Crippen LogP contribution >= 0.6 is 28.3 Å². The summed E-state index contributed by atoms with van der Waals surface area (Å²) in [5.41, 5.74) is 1.02. The van der Waals surface area contributed by atoms with Crippen LogP contribution in [0.25, 0.3) is 0 Å². The summed E-state index contributed by atoms with van der Waals surface area (Å²) in [6.45, 7) is 2.59. The van der Waals surface area contributed by atoms with Gasteiger partial charge in [-0.2, -0.15) is 0 Å². The van der Waals surface area contributed by atoms with E-state index in [2.05, 4.69) is 21.2 Å². The van der Waals surface area contributed by atoms with Gasteiger partial charge in [0.1, 0.15) is 0 Å². The van der Waals surface area contributed by atoms with Crippen LogP contribution in [0.5, 0.6) is 0 Å². The van der Waals surface area contributed by atoms with Crippen LogP contribution < -0.4 is 5.32 Å². The Hall–Kier alpha value is -0.580. The maximum atomic E-state index is 12.3. The van der Waals surface area contributed by atoms with Crippen LogP contribution in [0.2, 0.25) is 0 Å². The molecule has 0 unspecified atom stereocenters. The van der Waals surface area contributed by atoms with E-state index < -0.39 is 0 Å². The Bertz CT molecular complexity index is 462. The van der Waals surface area contributed by atoms with Crippen molar-refractivity contribution in [3.05, 3.63) is 34.3 Å². The summed E-state index contributed by atoms with van der Waals surface area (Å²) in [6, 6.07) is 7.63. The van der Waals surface area contributed by atoms with Crippen molar-refractivity contribution in [2.75, 3.05) is 19.6 Å². The molecule has 1 saturated heterocycles. The van der Waals surface area contributed by atoms with Crippen molar-refractivity contribution in [1.29, 1.82) is 0 Å². The normalized spacial score (nSPS) is 20.4. The number of halogens is 2. The smallest absolute Gasteiger partial charge is 0.253 e. The molecule has 2 aliphatic rings. The van der Waals surface area contributed by atoms with Crippen molar-refractivity contribution in [3.63, 3.8) is 0 Å². The minimum Gasteiger partial charge on any atom is -0.336 e. The minimum absolute atomic E-state index is 0. The van der Waals surface area contributed by atoms with Crippen molar-refractivity contribution < 1.29 is 4.79 Å². The highest BCUT2D eigenvalue weighted by Gasteiger charge is 2.46. The monoisotopic (exact) mass is 330 g/mol. The summed E-state index contributed by atoms with van der Waals surface area (Å²) in [4.78, 5) is 14.3.